The molecule has 0 radical (unpaired) electrons. The molecule has 1 aliphatic heterocycles. The minimum atomic E-state index is 0.1000. The Morgan fingerprint density at radius 2 is 1.57 bits per heavy atom. The predicted octanol–water partition coefficient (Wildman–Crippen LogP) is 3.77. The largest absolute Gasteiger partial charge is 0.369 e. The Morgan fingerprint density at radius 1 is 0.800 bits per heavy atom. The maximum absolute atomic E-state index is 13.0. The van der Waals surface area contributed by atoms with Crippen LogP contribution in [0.25, 0.3) is 16.6 Å². The number of fused-ring (bicyclic) bond motifs is 3. The van der Waals surface area contributed by atoms with Gasteiger partial charge < -0.3 is 13.9 Å². The molecule has 0 saturated carbocycles. The molecule has 3 heterocycles. The third-order valence-electron chi connectivity index (χ3n) is 6.24. The summed E-state index contributed by atoms with van der Waals surface area (Å²) in [5.41, 5.74) is 5.59. The summed E-state index contributed by atoms with van der Waals surface area (Å²) in [7, 11) is 0. The first-order valence-corrected chi connectivity index (χ1v) is 10.8. The molecule has 0 amide bonds. The van der Waals surface area contributed by atoms with Gasteiger partial charge in [0, 0.05) is 44.6 Å². The predicted molar refractivity (Wildman–Crippen MR) is 124 cm³/mol. The lowest BCUT2D eigenvalue weighted by Crippen LogP contribution is -2.46. The SMILES string of the molecule is Cc1cccc(N2CCN(CCCn3c(=O)c4cccn4c4ccccc43)CC2)c1. The molecule has 2 aromatic heterocycles. The number of piperazine rings is 1. The zero-order valence-electron chi connectivity index (χ0n) is 17.5. The minimum absolute atomic E-state index is 0.1000. The number of hydrogen-bond acceptors (Lipinski definition) is 3. The lowest BCUT2D eigenvalue weighted by molar-refractivity contribution is 0.250. The van der Waals surface area contributed by atoms with Crippen LogP contribution in [0, 0.1) is 6.92 Å². The molecule has 30 heavy (non-hydrogen) atoms. The Bertz CT molecular complexity index is 1230. The quantitative estimate of drug-likeness (QED) is 0.511. The molecule has 0 atom stereocenters. The highest BCUT2D eigenvalue weighted by Gasteiger charge is 2.17. The number of nitrogens with zero attached hydrogens (tertiary/aromatic N) is 4. The normalized spacial score (nSPS) is 15.3. The maximum atomic E-state index is 13.0. The third-order valence-corrected chi connectivity index (χ3v) is 6.24. The first kappa shape index (κ1) is 18.9. The standard InChI is InChI=1S/C25H28N4O/c1-20-7-4-8-21(19-20)27-17-15-26(16-18-27)12-6-14-29-23-10-3-2-9-22(23)28-13-5-11-24(28)25(29)30/h2-5,7-11,13,19H,6,12,14-18H2,1H3. The van der Waals surface area contributed by atoms with Gasteiger partial charge in [-0.2, -0.15) is 0 Å². The topological polar surface area (TPSA) is 32.9 Å². The minimum Gasteiger partial charge on any atom is -0.369 e. The summed E-state index contributed by atoms with van der Waals surface area (Å²) < 4.78 is 3.95. The van der Waals surface area contributed by atoms with E-state index in [4.69, 9.17) is 0 Å². The fourth-order valence-corrected chi connectivity index (χ4v) is 4.64. The van der Waals surface area contributed by atoms with E-state index in [1.807, 2.05) is 39.4 Å². The number of benzene rings is 2. The molecule has 0 aliphatic carbocycles. The van der Waals surface area contributed by atoms with Crippen LogP contribution < -0.4 is 10.5 Å². The van der Waals surface area contributed by atoms with E-state index in [0.717, 1.165) is 62.2 Å². The molecule has 0 N–H and O–H groups in total. The molecule has 0 spiro atoms. The van der Waals surface area contributed by atoms with Gasteiger partial charge in [-0.1, -0.05) is 24.3 Å². The molecule has 1 aliphatic rings. The van der Waals surface area contributed by atoms with Gasteiger partial charge in [-0.15, -0.1) is 0 Å². The number of aromatic nitrogens is 2. The first-order chi connectivity index (χ1) is 14.7. The molecule has 5 rings (SSSR count). The van der Waals surface area contributed by atoms with Crippen LogP contribution in [0.3, 0.4) is 0 Å². The van der Waals surface area contributed by atoms with Gasteiger partial charge in [-0.05, 0) is 61.9 Å². The van der Waals surface area contributed by atoms with Crippen molar-refractivity contribution in [2.45, 2.75) is 19.9 Å². The molecule has 5 heteroatoms. The monoisotopic (exact) mass is 400 g/mol. The summed E-state index contributed by atoms with van der Waals surface area (Å²) in [6.07, 6.45) is 2.95. The summed E-state index contributed by atoms with van der Waals surface area (Å²) in [6.45, 7) is 8.18. The molecule has 0 unspecified atom stereocenters. The number of para-hydroxylation sites is 2. The van der Waals surface area contributed by atoms with Crippen molar-refractivity contribution in [3.8, 4) is 0 Å². The fraction of sp³-hybridized carbons (Fsp3) is 0.320. The zero-order valence-corrected chi connectivity index (χ0v) is 17.5. The highest BCUT2D eigenvalue weighted by Crippen LogP contribution is 2.18. The van der Waals surface area contributed by atoms with Gasteiger partial charge >= 0.3 is 0 Å². The zero-order chi connectivity index (χ0) is 20.5. The smallest absolute Gasteiger partial charge is 0.275 e. The van der Waals surface area contributed by atoms with Crippen molar-refractivity contribution >= 4 is 22.2 Å². The van der Waals surface area contributed by atoms with Gasteiger partial charge in [0.1, 0.15) is 5.52 Å². The molecular weight excluding hydrogens is 372 g/mol. The fourth-order valence-electron chi connectivity index (χ4n) is 4.64. The lowest BCUT2D eigenvalue weighted by Gasteiger charge is -2.36. The maximum Gasteiger partial charge on any atom is 0.275 e. The van der Waals surface area contributed by atoms with Gasteiger partial charge in [0.2, 0.25) is 0 Å². The van der Waals surface area contributed by atoms with E-state index in [-0.39, 0.29) is 5.56 Å². The highest BCUT2D eigenvalue weighted by atomic mass is 16.1. The third kappa shape index (κ3) is 3.50. The molecular formula is C25H28N4O. The van der Waals surface area contributed by atoms with Crippen molar-refractivity contribution in [2.24, 2.45) is 0 Å². The average molecular weight is 401 g/mol. The molecule has 4 aromatic rings. The van der Waals surface area contributed by atoms with Crippen molar-refractivity contribution in [2.75, 3.05) is 37.6 Å². The number of aryl methyl sites for hydroxylation is 2. The van der Waals surface area contributed by atoms with Gasteiger partial charge in [-0.25, -0.2) is 0 Å². The van der Waals surface area contributed by atoms with Crippen LogP contribution in [0.1, 0.15) is 12.0 Å². The second-order valence-corrected chi connectivity index (χ2v) is 8.23. The van der Waals surface area contributed by atoms with Gasteiger partial charge in [0.15, 0.2) is 0 Å². The summed E-state index contributed by atoms with van der Waals surface area (Å²) in [5, 5.41) is 0. The van der Waals surface area contributed by atoms with Gasteiger partial charge in [0.05, 0.1) is 11.0 Å². The Morgan fingerprint density at radius 3 is 2.37 bits per heavy atom. The Balaban J connectivity index is 1.25. The van der Waals surface area contributed by atoms with Crippen molar-refractivity contribution in [3.05, 3.63) is 82.8 Å². The van der Waals surface area contributed by atoms with Crippen LogP contribution in [0.4, 0.5) is 5.69 Å². The van der Waals surface area contributed by atoms with Crippen LogP contribution in [-0.2, 0) is 6.54 Å². The molecule has 2 aromatic carbocycles. The molecule has 1 fully saturated rings. The van der Waals surface area contributed by atoms with Crippen molar-refractivity contribution in [3.63, 3.8) is 0 Å². The van der Waals surface area contributed by atoms with Crippen molar-refractivity contribution in [1.29, 1.82) is 0 Å². The van der Waals surface area contributed by atoms with E-state index in [1.54, 1.807) is 0 Å². The summed E-state index contributed by atoms with van der Waals surface area (Å²) in [5.74, 6) is 0. The summed E-state index contributed by atoms with van der Waals surface area (Å²) in [4.78, 5) is 18.0. The average Bonchev–Trinajstić information content (AvgIpc) is 3.27. The van der Waals surface area contributed by atoms with E-state index >= 15 is 0 Å². The summed E-state index contributed by atoms with van der Waals surface area (Å²) in [6, 6.07) is 20.8. The van der Waals surface area contributed by atoms with Crippen LogP contribution in [0.5, 0.6) is 0 Å². The van der Waals surface area contributed by atoms with Gasteiger partial charge in [-0.3, -0.25) is 9.69 Å². The van der Waals surface area contributed by atoms with E-state index in [1.165, 1.54) is 11.3 Å². The second-order valence-electron chi connectivity index (χ2n) is 8.23. The highest BCUT2D eigenvalue weighted by molar-refractivity contribution is 5.79. The van der Waals surface area contributed by atoms with Crippen molar-refractivity contribution in [1.82, 2.24) is 13.9 Å². The Kier molecular flexibility index (Phi) is 5.05. The Labute approximate surface area is 176 Å². The second kappa shape index (κ2) is 8.00. The Hall–Kier alpha value is -3.05. The van der Waals surface area contributed by atoms with Crippen LogP contribution >= 0.6 is 0 Å². The van der Waals surface area contributed by atoms with E-state index < -0.39 is 0 Å². The first-order valence-electron chi connectivity index (χ1n) is 10.8. The van der Waals surface area contributed by atoms with Crippen molar-refractivity contribution < 1.29 is 0 Å². The van der Waals surface area contributed by atoms with Gasteiger partial charge in [0.25, 0.3) is 5.56 Å². The number of rotatable bonds is 5. The van der Waals surface area contributed by atoms with Crippen LogP contribution in [0.15, 0.2) is 71.7 Å². The molecule has 1 saturated heterocycles. The number of hydrogen-bond donors (Lipinski definition) is 0. The van der Waals surface area contributed by atoms with Crippen LogP contribution in [-0.4, -0.2) is 46.6 Å². The van der Waals surface area contributed by atoms with E-state index in [9.17, 15) is 4.79 Å². The van der Waals surface area contributed by atoms with Crippen LogP contribution in [0.2, 0.25) is 0 Å². The molecule has 154 valence electrons. The van der Waals surface area contributed by atoms with E-state index in [0.29, 0.717) is 0 Å². The lowest BCUT2D eigenvalue weighted by atomic mass is 10.2. The molecule has 5 nitrogen and oxygen atoms in total. The van der Waals surface area contributed by atoms with E-state index in [2.05, 4.69) is 53.1 Å². The molecule has 0 bridgehead atoms. The summed E-state index contributed by atoms with van der Waals surface area (Å²) >= 11 is 0. The number of anilines is 1.